The first-order chi connectivity index (χ1) is 13.3. The fourth-order valence-electron chi connectivity index (χ4n) is 2.57. The first kappa shape index (κ1) is 16.8. The van der Waals surface area contributed by atoms with Crippen LogP contribution in [0.3, 0.4) is 0 Å². The molecule has 1 aliphatic rings. The number of fused-ring (bicyclic) bond motifs is 1. The predicted molar refractivity (Wildman–Crippen MR) is 97.3 cm³/mol. The van der Waals surface area contributed by atoms with Crippen LogP contribution in [0.15, 0.2) is 54.9 Å². The van der Waals surface area contributed by atoms with Crippen LogP contribution in [0.2, 0.25) is 0 Å². The Hall–Kier alpha value is -3.68. The Kier molecular flexibility index (Phi) is 4.78. The van der Waals surface area contributed by atoms with Crippen molar-refractivity contribution in [2.75, 3.05) is 12.1 Å². The summed E-state index contributed by atoms with van der Waals surface area (Å²) >= 11 is 0. The lowest BCUT2D eigenvalue weighted by atomic mass is 10.2. The van der Waals surface area contributed by atoms with Crippen LogP contribution in [0, 0.1) is 0 Å². The molecule has 3 heterocycles. The van der Waals surface area contributed by atoms with Crippen molar-refractivity contribution in [1.82, 2.24) is 20.3 Å². The van der Waals surface area contributed by atoms with Gasteiger partial charge in [0.15, 0.2) is 11.5 Å². The molecule has 0 spiro atoms. The Balaban J connectivity index is 1.36. The van der Waals surface area contributed by atoms with E-state index in [4.69, 9.17) is 9.47 Å². The van der Waals surface area contributed by atoms with E-state index in [0.717, 1.165) is 11.3 Å². The van der Waals surface area contributed by atoms with Crippen molar-refractivity contribution in [3.05, 3.63) is 71.8 Å². The molecule has 0 saturated carbocycles. The third-order valence-corrected chi connectivity index (χ3v) is 3.93. The molecule has 0 fully saturated rings. The first-order valence-electron chi connectivity index (χ1n) is 8.41. The Bertz CT molecular complexity index is 949. The van der Waals surface area contributed by atoms with Crippen LogP contribution in [0.5, 0.6) is 11.5 Å². The minimum atomic E-state index is -0.282. The molecular weight excluding hydrogens is 346 g/mol. The number of anilines is 1. The van der Waals surface area contributed by atoms with Gasteiger partial charge in [-0.05, 0) is 35.9 Å². The highest BCUT2D eigenvalue weighted by Crippen LogP contribution is 2.32. The summed E-state index contributed by atoms with van der Waals surface area (Å²) in [5.74, 6) is 1.49. The van der Waals surface area contributed by atoms with Crippen molar-refractivity contribution in [3.8, 4) is 11.5 Å². The average molecular weight is 363 g/mol. The molecule has 1 aromatic carbocycles. The SMILES string of the molecule is O=C(NCc1ccc2c(c1)OCO2)c1ccnc(NCc2ccccn2)n1. The number of carbonyl (C=O) groups excluding carboxylic acids is 1. The van der Waals surface area contributed by atoms with E-state index in [1.807, 2.05) is 36.4 Å². The van der Waals surface area contributed by atoms with E-state index in [-0.39, 0.29) is 18.4 Å². The van der Waals surface area contributed by atoms with Crippen LogP contribution in [0.1, 0.15) is 21.7 Å². The highest BCUT2D eigenvalue weighted by atomic mass is 16.7. The maximum absolute atomic E-state index is 12.4. The number of pyridine rings is 1. The number of nitrogens with zero attached hydrogens (tertiary/aromatic N) is 3. The number of hydrogen-bond acceptors (Lipinski definition) is 7. The summed E-state index contributed by atoms with van der Waals surface area (Å²) in [7, 11) is 0. The second kappa shape index (κ2) is 7.69. The van der Waals surface area contributed by atoms with Crippen molar-refractivity contribution in [3.63, 3.8) is 0 Å². The summed E-state index contributed by atoms with van der Waals surface area (Å²) in [5.41, 5.74) is 2.06. The van der Waals surface area contributed by atoms with Gasteiger partial charge in [0.25, 0.3) is 5.91 Å². The van der Waals surface area contributed by atoms with E-state index in [9.17, 15) is 4.79 Å². The highest BCUT2D eigenvalue weighted by Gasteiger charge is 2.14. The van der Waals surface area contributed by atoms with Crippen LogP contribution in [-0.2, 0) is 13.1 Å². The molecule has 136 valence electrons. The summed E-state index contributed by atoms with van der Waals surface area (Å²) < 4.78 is 10.6. The van der Waals surface area contributed by atoms with E-state index in [0.29, 0.717) is 30.5 Å². The van der Waals surface area contributed by atoms with Gasteiger partial charge >= 0.3 is 0 Å². The van der Waals surface area contributed by atoms with Gasteiger partial charge in [0.05, 0.1) is 12.2 Å². The smallest absolute Gasteiger partial charge is 0.270 e. The molecule has 0 radical (unpaired) electrons. The third-order valence-electron chi connectivity index (χ3n) is 3.93. The van der Waals surface area contributed by atoms with Gasteiger partial charge in [0.1, 0.15) is 5.69 Å². The second-order valence-electron chi connectivity index (χ2n) is 5.81. The average Bonchev–Trinajstić information content (AvgIpc) is 3.19. The zero-order valence-electron chi connectivity index (χ0n) is 14.4. The highest BCUT2D eigenvalue weighted by molar-refractivity contribution is 5.92. The molecule has 8 nitrogen and oxygen atoms in total. The van der Waals surface area contributed by atoms with E-state index < -0.39 is 0 Å². The molecule has 8 heteroatoms. The van der Waals surface area contributed by atoms with Crippen LogP contribution in [0.25, 0.3) is 0 Å². The van der Waals surface area contributed by atoms with Gasteiger partial charge in [0.2, 0.25) is 12.7 Å². The Morgan fingerprint density at radius 3 is 2.81 bits per heavy atom. The Morgan fingerprint density at radius 2 is 1.93 bits per heavy atom. The summed E-state index contributed by atoms with van der Waals surface area (Å²) in [5, 5.41) is 5.90. The van der Waals surface area contributed by atoms with Crippen LogP contribution in [-0.4, -0.2) is 27.7 Å². The summed E-state index contributed by atoms with van der Waals surface area (Å²) in [4.78, 5) is 25.0. The van der Waals surface area contributed by atoms with Gasteiger partial charge in [-0.25, -0.2) is 9.97 Å². The lowest BCUT2D eigenvalue weighted by molar-refractivity contribution is 0.0946. The zero-order chi connectivity index (χ0) is 18.5. The van der Waals surface area contributed by atoms with Gasteiger partial charge in [0, 0.05) is 18.9 Å². The fourth-order valence-corrected chi connectivity index (χ4v) is 2.57. The monoisotopic (exact) mass is 363 g/mol. The molecule has 0 aliphatic carbocycles. The van der Waals surface area contributed by atoms with Gasteiger partial charge in [-0.15, -0.1) is 0 Å². The van der Waals surface area contributed by atoms with Gasteiger partial charge < -0.3 is 20.1 Å². The summed E-state index contributed by atoms with van der Waals surface area (Å²) in [6.45, 7) is 1.06. The Labute approximate surface area is 155 Å². The molecule has 1 amide bonds. The van der Waals surface area contributed by atoms with Crippen molar-refractivity contribution < 1.29 is 14.3 Å². The number of hydrogen-bond donors (Lipinski definition) is 2. The summed E-state index contributed by atoms with van der Waals surface area (Å²) in [6, 6.07) is 12.8. The molecule has 4 rings (SSSR count). The minimum absolute atomic E-state index is 0.223. The summed E-state index contributed by atoms with van der Waals surface area (Å²) in [6.07, 6.45) is 3.26. The van der Waals surface area contributed by atoms with Gasteiger partial charge in [-0.3, -0.25) is 9.78 Å². The molecule has 27 heavy (non-hydrogen) atoms. The number of amides is 1. The van der Waals surface area contributed by atoms with Crippen LogP contribution in [0.4, 0.5) is 5.95 Å². The number of carbonyl (C=O) groups is 1. The molecule has 3 aromatic rings. The standard InChI is InChI=1S/C19H17N5O3/c25-18(22-10-13-4-5-16-17(9-13)27-12-26-16)15-6-8-21-19(24-15)23-11-14-3-1-2-7-20-14/h1-9H,10-12H2,(H,22,25)(H,21,23,24). The van der Waals surface area contributed by atoms with Gasteiger partial charge in [-0.2, -0.15) is 0 Å². The largest absolute Gasteiger partial charge is 0.454 e. The van der Waals surface area contributed by atoms with Crippen molar-refractivity contribution in [1.29, 1.82) is 0 Å². The first-order valence-corrected chi connectivity index (χ1v) is 8.41. The van der Waals surface area contributed by atoms with Crippen molar-refractivity contribution >= 4 is 11.9 Å². The molecule has 0 saturated heterocycles. The van der Waals surface area contributed by atoms with E-state index in [1.54, 1.807) is 18.5 Å². The molecule has 0 unspecified atom stereocenters. The maximum atomic E-state index is 12.4. The lowest BCUT2D eigenvalue weighted by Crippen LogP contribution is -2.24. The lowest BCUT2D eigenvalue weighted by Gasteiger charge is -2.08. The number of ether oxygens (including phenoxy) is 2. The van der Waals surface area contributed by atoms with Crippen LogP contribution < -0.4 is 20.1 Å². The molecule has 2 N–H and O–H groups in total. The van der Waals surface area contributed by atoms with Gasteiger partial charge in [-0.1, -0.05) is 12.1 Å². The number of rotatable bonds is 6. The maximum Gasteiger partial charge on any atom is 0.270 e. The predicted octanol–water partition coefficient (Wildman–Crippen LogP) is 2.14. The minimum Gasteiger partial charge on any atom is -0.454 e. The second-order valence-corrected chi connectivity index (χ2v) is 5.81. The number of benzene rings is 1. The molecular formula is C19H17N5O3. The molecule has 0 bridgehead atoms. The third kappa shape index (κ3) is 4.12. The van der Waals surface area contributed by atoms with Crippen LogP contribution >= 0.6 is 0 Å². The topological polar surface area (TPSA) is 98.3 Å². The number of aromatic nitrogens is 3. The Morgan fingerprint density at radius 1 is 1.00 bits per heavy atom. The quantitative estimate of drug-likeness (QED) is 0.692. The molecule has 0 atom stereocenters. The fraction of sp³-hybridized carbons (Fsp3) is 0.158. The normalized spacial score (nSPS) is 11.9. The van der Waals surface area contributed by atoms with Crippen molar-refractivity contribution in [2.45, 2.75) is 13.1 Å². The van der Waals surface area contributed by atoms with E-state index in [1.165, 1.54) is 0 Å². The van der Waals surface area contributed by atoms with Crippen molar-refractivity contribution in [2.24, 2.45) is 0 Å². The number of nitrogens with one attached hydrogen (secondary N) is 2. The molecule has 2 aromatic heterocycles. The zero-order valence-corrected chi connectivity index (χ0v) is 14.4. The van der Waals surface area contributed by atoms with E-state index in [2.05, 4.69) is 25.6 Å². The van der Waals surface area contributed by atoms with E-state index >= 15 is 0 Å². The molecule has 1 aliphatic heterocycles.